The SMILES string of the molecule is COC(CC(F)(F)C(F)(F)C(F)(F)C(F)(F)C(F)(F)C(F)(F)C(F)(F)F)c1ccccc1[N+](=O)[O-]. The summed E-state index contributed by atoms with van der Waals surface area (Å²) in [7, 11) is 0.403. The van der Waals surface area contributed by atoms with Crippen molar-refractivity contribution in [1.82, 2.24) is 0 Å². The third kappa shape index (κ3) is 4.57. The first-order valence-electron chi connectivity index (χ1n) is 8.45. The minimum Gasteiger partial charge on any atom is -0.376 e. The van der Waals surface area contributed by atoms with E-state index >= 15 is 0 Å². The molecule has 4 nitrogen and oxygen atoms in total. The molecule has 1 aromatic rings. The van der Waals surface area contributed by atoms with Gasteiger partial charge in [-0.05, 0) is 6.07 Å². The minimum atomic E-state index is -8.41. The smallest absolute Gasteiger partial charge is 0.376 e. The number of rotatable bonds is 10. The van der Waals surface area contributed by atoms with Crippen molar-refractivity contribution in [2.45, 2.75) is 54.2 Å². The molecule has 0 aliphatic rings. The Morgan fingerprint density at radius 2 is 1.14 bits per heavy atom. The Kier molecular flexibility index (Phi) is 7.75. The summed E-state index contributed by atoms with van der Waals surface area (Å²) in [5.74, 6) is -47.4. The van der Waals surface area contributed by atoms with E-state index in [0.717, 1.165) is 12.1 Å². The van der Waals surface area contributed by atoms with Crippen LogP contribution in [0.4, 0.5) is 71.5 Å². The van der Waals surface area contributed by atoms with Crippen LogP contribution in [0.3, 0.4) is 0 Å². The van der Waals surface area contributed by atoms with Crippen molar-refractivity contribution in [2.75, 3.05) is 7.11 Å². The molecule has 0 amide bonds. The zero-order valence-corrected chi connectivity index (χ0v) is 16.4. The number of nitrogens with zero attached hydrogens (tertiary/aromatic N) is 1. The topological polar surface area (TPSA) is 52.4 Å². The molecule has 0 spiro atoms. The van der Waals surface area contributed by atoms with Crippen LogP contribution in [0, 0.1) is 10.1 Å². The van der Waals surface area contributed by atoms with E-state index in [0.29, 0.717) is 19.2 Å². The van der Waals surface area contributed by atoms with Crippen LogP contribution in [-0.4, -0.2) is 53.7 Å². The average molecular weight is 549 g/mol. The molecule has 0 heterocycles. The highest BCUT2D eigenvalue weighted by molar-refractivity contribution is 5.41. The molecular weight excluding hydrogens is 539 g/mol. The summed E-state index contributed by atoms with van der Waals surface area (Å²) in [6, 6.07) is 2.94. The van der Waals surface area contributed by atoms with Crippen LogP contribution < -0.4 is 0 Å². The number of halogens is 15. The van der Waals surface area contributed by atoms with E-state index in [1.54, 1.807) is 0 Å². The van der Waals surface area contributed by atoms with Gasteiger partial charge in [0.05, 0.1) is 16.6 Å². The van der Waals surface area contributed by atoms with E-state index < -0.39 is 70.4 Å². The van der Waals surface area contributed by atoms with Crippen LogP contribution in [0.1, 0.15) is 18.1 Å². The van der Waals surface area contributed by atoms with Gasteiger partial charge in [0, 0.05) is 19.6 Å². The monoisotopic (exact) mass is 549 g/mol. The third-order valence-corrected chi connectivity index (χ3v) is 4.60. The fraction of sp³-hybridized carbons (Fsp3) is 0.625. The molecule has 202 valence electrons. The molecule has 0 aliphatic carbocycles. The van der Waals surface area contributed by atoms with E-state index in [-0.39, 0.29) is 0 Å². The number of para-hydroxylation sites is 1. The number of benzene rings is 1. The van der Waals surface area contributed by atoms with Gasteiger partial charge in [0.2, 0.25) is 0 Å². The zero-order valence-electron chi connectivity index (χ0n) is 16.4. The lowest BCUT2D eigenvalue weighted by Gasteiger charge is -2.41. The van der Waals surface area contributed by atoms with Gasteiger partial charge in [0.1, 0.15) is 0 Å². The first-order chi connectivity index (χ1) is 15.3. The van der Waals surface area contributed by atoms with Crippen molar-refractivity contribution in [3.05, 3.63) is 39.9 Å². The molecule has 1 rings (SSSR count). The molecule has 35 heavy (non-hydrogen) atoms. The number of ether oxygens (including phenoxy) is 1. The molecule has 19 heteroatoms. The number of nitro benzene ring substituents is 1. The van der Waals surface area contributed by atoms with Gasteiger partial charge in [-0.15, -0.1) is 0 Å². The van der Waals surface area contributed by atoms with Crippen molar-refractivity contribution in [3.63, 3.8) is 0 Å². The van der Waals surface area contributed by atoms with Crippen LogP contribution in [0.25, 0.3) is 0 Å². The van der Waals surface area contributed by atoms with Gasteiger partial charge in [-0.2, -0.15) is 65.9 Å². The second-order valence-corrected chi connectivity index (χ2v) is 6.82. The van der Waals surface area contributed by atoms with Crippen molar-refractivity contribution in [2.24, 2.45) is 0 Å². The molecule has 1 aromatic carbocycles. The highest BCUT2D eigenvalue weighted by atomic mass is 19.4. The van der Waals surface area contributed by atoms with E-state index in [1.165, 1.54) is 0 Å². The van der Waals surface area contributed by atoms with Crippen LogP contribution in [0.15, 0.2) is 24.3 Å². The summed E-state index contributed by atoms with van der Waals surface area (Å²) >= 11 is 0. The lowest BCUT2D eigenvalue weighted by atomic mass is 9.88. The summed E-state index contributed by atoms with van der Waals surface area (Å²) in [5, 5.41) is 10.9. The Morgan fingerprint density at radius 1 is 0.743 bits per heavy atom. The van der Waals surface area contributed by atoms with Crippen molar-refractivity contribution in [1.29, 1.82) is 0 Å². The molecule has 0 saturated carbocycles. The maximum Gasteiger partial charge on any atom is 0.460 e. The highest BCUT2D eigenvalue weighted by Gasteiger charge is 2.93. The summed E-state index contributed by atoms with van der Waals surface area (Å²) in [6.07, 6.45) is -13.2. The quantitative estimate of drug-likeness (QED) is 0.179. The zero-order chi connectivity index (χ0) is 28.1. The molecule has 0 fully saturated rings. The van der Waals surface area contributed by atoms with Crippen molar-refractivity contribution >= 4 is 5.69 Å². The van der Waals surface area contributed by atoms with Gasteiger partial charge in [0.15, 0.2) is 0 Å². The summed E-state index contributed by atoms with van der Waals surface area (Å²) < 4.78 is 203. The second kappa shape index (κ2) is 8.88. The van der Waals surface area contributed by atoms with Gasteiger partial charge in [-0.3, -0.25) is 10.1 Å². The number of alkyl halides is 15. The second-order valence-electron chi connectivity index (χ2n) is 6.82. The third-order valence-electron chi connectivity index (χ3n) is 4.60. The maximum atomic E-state index is 14.1. The predicted octanol–water partition coefficient (Wildman–Crippen LogP) is 7.05. The lowest BCUT2D eigenvalue weighted by Crippen LogP contribution is -2.72. The van der Waals surface area contributed by atoms with Crippen molar-refractivity contribution in [3.8, 4) is 0 Å². The van der Waals surface area contributed by atoms with Crippen LogP contribution >= 0.6 is 0 Å². The first-order valence-corrected chi connectivity index (χ1v) is 8.45. The highest BCUT2D eigenvalue weighted by Crippen LogP contribution is 2.63. The van der Waals surface area contributed by atoms with Crippen LogP contribution in [0.2, 0.25) is 0 Å². The molecule has 0 radical (unpaired) electrons. The number of hydrogen-bond acceptors (Lipinski definition) is 3. The lowest BCUT2D eigenvalue weighted by molar-refractivity contribution is -0.453. The number of hydrogen-bond donors (Lipinski definition) is 0. The van der Waals surface area contributed by atoms with Gasteiger partial charge < -0.3 is 4.74 Å². The molecule has 1 unspecified atom stereocenters. The Bertz CT molecular complexity index is 929. The Labute approximate surface area is 183 Å². The van der Waals surface area contributed by atoms with E-state index in [2.05, 4.69) is 4.74 Å². The van der Waals surface area contributed by atoms with Gasteiger partial charge in [0.25, 0.3) is 5.69 Å². The molecule has 0 N–H and O–H groups in total. The number of methoxy groups -OCH3 is 1. The number of nitro groups is 1. The van der Waals surface area contributed by atoms with Crippen molar-refractivity contribution < 1.29 is 75.5 Å². The Morgan fingerprint density at radius 3 is 1.54 bits per heavy atom. The fourth-order valence-electron chi connectivity index (χ4n) is 2.61. The summed E-state index contributed by atoms with van der Waals surface area (Å²) in [6.45, 7) is 0. The van der Waals surface area contributed by atoms with Gasteiger partial charge >= 0.3 is 41.7 Å². The molecule has 0 bridgehead atoms. The summed E-state index contributed by atoms with van der Waals surface area (Å²) in [4.78, 5) is 9.64. The van der Waals surface area contributed by atoms with Crippen LogP contribution in [0.5, 0.6) is 0 Å². The predicted molar refractivity (Wildman–Crippen MR) is 83.2 cm³/mol. The van der Waals surface area contributed by atoms with E-state index in [4.69, 9.17) is 0 Å². The largest absolute Gasteiger partial charge is 0.460 e. The van der Waals surface area contributed by atoms with E-state index in [1.807, 2.05) is 0 Å². The van der Waals surface area contributed by atoms with Gasteiger partial charge in [-0.25, -0.2) is 0 Å². The molecule has 0 saturated heterocycles. The Hall–Kier alpha value is -2.47. The molecule has 0 aliphatic heterocycles. The molecular formula is C16H10F15NO3. The van der Waals surface area contributed by atoms with Gasteiger partial charge in [-0.1, -0.05) is 12.1 Å². The molecule has 1 atom stereocenters. The fourth-order valence-corrected chi connectivity index (χ4v) is 2.61. The maximum absolute atomic E-state index is 14.1. The van der Waals surface area contributed by atoms with E-state index in [9.17, 15) is 76.0 Å². The Balaban J connectivity index is 3.58. The molecule has 0 aromatic heterocycles. The standard InChI is InChI=1S/C16H10F15NO3/c1-35-9(7-4-2-3-5-8(7)32(33)34)6-10(17,18)11(19,20)12(21,22)13(23,24)14(25,26)15(27,28)16(29,30)31/h2-5,9H,6H2,1H3. The normalized spacial score (nSPS) is 15.8. The summed E-state index contributed by atoms with van der Waals surface area (Å²) in [5.41, 5.74) is -2.15. The first kappa shape index (κ1) is 30.6. The van der Waals surface area contributed by atoms with Crippen LogP contribution in [-0.2, 0) is 4.74 Å². The minimum absolute atomic E-state index is 0.403. The average Bonchev–Trinajstić information content (AvgIpc) is 2.70.